The van der Waals surface area contributed by atoms with Gasteiger partial charge in [0.25, 0.3) is 5.69 Å². The van der Waals surface area contributed by atoms with Gasteiger partial charge in [0.15, 0.2) is 0 Å². The van der Waals surface area contributed by atoms with Gasteiger partial charge in [-0.05, 0) is 18.2 Å². The minimum absolute atomic E-state index is 0.0489. The van der Waals surface area contributed by atoms with Gasteiger partial charge in [0, 0.05) is 21.9 Å². The molecule has 0 fully saturated rings. The maximum Gasteiger partial charge on any atom is 0.270 e. The Kier molecular flexibility index (Phi) is 3.66. The first-order valence-electron chi connectivity index (χ1n) is 4.83. The van der Waals surface area contributed by atoms with E-state index in [9.17, 15) is 10.1 Å². The van der Waals surface area contributed by atoms with Crippen LogP contribution in [-0.4, -0.2) is 4.92 Å². The van der Waals surface area contributed by atoms with Crippen molar-refractivity contribution in [2.75, 3.05) is 0 Å². The van der Waals surface area contributed by atoms with E-state index in [0.717, 1.165) is 4.90 Å². The van der Waals surface area contributed by atoms with Crippen molar-refractivity contribution in [2.24, 2.45) is 0 Å². The molecule has 0 radical (unpaired) electrons. The van der Waals surface area contributed by atoms with Crippen LogP contribution in [0.3, 0.4) is 0 Å². The fourth-order valence-electron chi connectivity index (χ4n) is 1.30. The summed E-state index contributed by atoms with van der Waals surface area (Å²) in [7, 11) is 0. The number of benzene rings is 2. The molecule has 0 atom stereocenters. The molecular formula is C12H8ClNO2S. The molecule has 17 heavy (non-hydrogen) atoms. The van der Waals surface area contributed by atoms with E-state index in [2.05, 4.69) is 0 Å². The number of hydrogen-bond donors (Lipinski definition) is 0. The molecule has 3 nitrogen and oxygen atoms in total. The van der Waals surface area contributed by atoms with E-state index in [1.807, 2.05) is 30.3 Å². The molecule has 0 saturated heterocycles. The van der Waals surface area contributed by atoms with Crippen molar-refractivity contribution in [2.45, 2.75) is 9.79 Å². The maximum absolute atomic E-state index is 10.7. The van der Waals surface area contributed by atoms with Gasteiger partial charge in [0.2, 0.25) is 0 Å². The molecule has 0 unspecified atom stereocenters. The summed E-state index contributed by atoms with van der Waals surface area (Å²) in [6.45, 7) is 0. The zero-order valence-corrected chi connectivity index (χ0v) is 10.2. The van der Waals surface area contributed by atoms with Crippen LogP contribution in [0.15, 0.2) is 58.3 Å². The van der Waals surface area contributed by atoms with Crippen LogP contribution in [0.4, 0.5) is 5.69 Å². The van der Waals surface area contributed by atoms with Crippen LogP contribution in [0, 0.1) is 10.1 Å². The molecule has 0 spiro atoms. The SMILES string of the molecule is O=[N+]([O-])c1ccc(Cl)c(Sc2ccccc2)c1. The van der Waals surface area contributed by atoms with Gasteiger partial charge in [-0.25, -0.2) is 0 Å². The molecule has 0 aliphatic heterocycles. The molecule has 0 aromatic heterocycles. The zero-order valence-electron chi connectivity index (χ0n) is 8.67. The highest BCUT2D eigenvalue weighted by atomic mass is 35.5. The van der Waals surface area contributed by atoms with Crippen LogP contribution in [-0.2, 0) is 0 Å². The van der Waals surface area contributed by atoms with Crippen molar-refractivity contribution >= 4 is 29.1 Å². The minimum Gasteiger partial charge on any atom is -0.258 e. The molecule has 2 rings (SSSR count). The monoisotopic (exact) mass is 265 g/mol. The van der Waals surface area contributed by atoms with Gasteiger partial charge in [-0.15, -0.1) is 0 Å². The maximum atomic E-state index is 10.7. The highest BCUT2D eigenvalue weighted by Gasteiger charge is 2.10. The number of rotatable bonds is 3. The Bertz CT molecular complexity index is 545. The summed E-state index contributed by atoms with van der Waals surface area (Å²) in [4.78, 5) is 11.9. The van der Waals surface area contributed by atoms with Gasteiger partial charge < -0.3 is 0 Å². The molecule has 2 aromatic carbocycles. The van der Waals surface area contributed by atoms with Gasteiger partial charge in [0.1, 0.15) is 0 Å². The van der Waals surface area contributed by atoms with Crippen LogP contribution >= 0.6 is 23.4 Å². The largest absolute Gasteiger partial charge is 0.270 e. The average molecular weight is 266 g/mol. The van der Waals surface area contributed by atoms with Crippen LogP contribution in [0.1, 0.15) is 0 Å². The van der Waals surface area contributed by atoms with Gasteiger partial charge in [0.05, 0.1) is 9.95 Å². The van der Waals surface area contributed by atoms with Crippen molar-refractivity contribution < 1.29 is 4.92 Å². The number of halogens is 1. The predicted molar refractivity (Wildman–Crippen MR) is 68.7 cm³/mol. The van der Waals surface area contributed by atoms with E-state index in [1.165, 1.54) is 23.9 Å². The summed E-state index contributed by atoms with van der Waals surface area (Å²) in [5.41, 5.74) is 0.0489. The van der Waals surface area contributed by atoms with Crippen LogP contribution < -0.4 is 0 Å². The number of hydrogen-bond acceptors (Lipinski definition) is 3. The molecule has 2 aromatic rings. The molecular weight excluding hydrogens is 258 g/mol. The quantitative estimate of drug-likeness (QED) is 0.610. The number of nitro benzene ring substituents is 1. The lowest BCUT2D eigenvalue weighted by molar-refractivity contribution is -0.385. The fraction of sp³-hybridized carbons (Fsp3) is 0. The molecule has 0 bridgehead atoms. The van der Waals surface area contributed by atoms with Crippen molar-refractivity contribution in [3.8, 4) is 0 Å². The third-order valence-corrected chi connectivity index (χ3v) is 3.60. The highest BCUT2D eigenvalue weighted by molar-refractivity contribution is 7.99. The number of nitrogens with zero attached hydrogens (tertiary/aromatic N) is 1. The number of nitro groups is 1. The van der Waals surface area contributed by atoms with E-state index < -0.39 is 4.92 Å². The lowest BCUT2D eigenvalue weighted by Gasteiger charge is -2.03. The summed E-state index contributed by atoms with van der Waals surface area (Å²) in [5, 5.41) is 11.2. The van der Waals surface area contributed by atoms with Crippen LogP contribution in [0.5, 0.6) is 0 Å². The lowest BCUT2D eigenvalue weighted by Crippen LogP contribution is -1.88. The molecule has 0 heterocycles. The average Bonchev–Trinajstić information content (AvgIpc) is 2.33. The van der Waals surface area contributed by atoms with Crippen molar-refractivity contribution in [1.82, 2.24) is 0 Å². The fourth-order valence-corrected chi connectivity index (χ4v) is 2.42. The normalized spacial score (nSPS) is 10.2. The second-order valence-electron chi connectivity index (χ2n) is 3.29. The lowest BCUT2D eigenvalue weighted by atomic mass is 10.3. The second-order valence-corrected chi connectivity index (χ2v) is 4.81. The summed E-state index contributed by atoms with van der Waals surface area (Å²) in [6.07, 6.45) is 0. The molecule has 0 amide bonds. The first-order chi connectivity index (χ1) is 8.16. The van der Waals surface area contributed by atoms with E-state index in [1.54, 1.807) is 6.07 Å². The summed E-state index contributed by atoms with van der Waals surface area (Å²) >= 11 is 7.42. The van der Waals surface area contributed by atoms with E-state index in [4.69, 9.17) is 11.6 Å². The van der Waals surface area contributed by atoms with Crippen molar-refractivity contribution in [3.63, 3.8) is 0 Å². The molecule has 0 aliphatic carbocycles. The number of non-ortho nitro benzene ring substituents is 1. The van der Waals surface area contributed by atoms with Crippen LogP contribution in [0.2, 0.25) is 5.02 Å². The van der Waals surface area contributed by atoms with E-state index in [-0.39, 0.29) is 5.69 Å². The first-order valence-corrected chi connectivity index (χ1v) is 6.03. The summed E-state index contributed by atoms with van der Waals surface area (Å²) in [6, 6.07) is 14.0. The highest BCUT2D eigenvalue weighted by Crippen LogP contribution is 2.35. The Morgan fingerprint density at radius 2 is 1.82 bits per heavy atom. The first kappa shape index (κ1) is 12.0. The Hall–Kier alpha value is -1.52. The third kappa shape index (κ3) is 2.99. The summed E-state index contributed by atoms with van der Waals surface area (Å²) in [5.74, 6) is 0. The Balaban J connectivity index is 2.32. The van der Waals surface area contributed by atoms with E-state index in [0.29, 0.717) is 9.92 Å². The van der Waals surface area contributed by atoms with Gasteiger partial charge in [-0.2, -0.15) is 0 Å². The van der Waals surface area contributed by atoms with Crippen LogP contribution in [0.25, 0.3) is 0 Å². The molecule has 0 saturated carbocycles. The Morgan fingerprint density at radius 3 is 2.47 bits per heavy atom. The molecule has 86 valence electrons. The Labute approximate surface area is 108 Å². The van der Waals surface area contributed by atoms with Gasteiger partial charge >= 0.3 is 0 Å². The van der Waals surface area contributed by atoms with Crippen molar-refractivity contribution in [3.05, 3.63) is 63.7 Å². The Morgan fingerprint density at radius 1 is 1.12 bits per heavy atom. The topological polar surface area (TPSA) is 43.1 Å². The van der Waals surface area contributed by atoms with Gasteiger partial charge in [-0.3, -0.25) is 10.1 Å². The standard InChI is InChI=1S/C12H8ClNO2S/c13-11-7-6-9(14(15)16)8-12(11)17-10-4-2-1-3-5-10/h1-8H. The predicted octanol–water partition coefficient (Wildman–Crippen LogP) is 4.40. The molecule has 0 N–H and O–H groups in total. The molecule has 5 heteroatoms. The third-order valence-electron chi connectivity index (χ3n) is 2.10. The van der Waals surface area contributed by atoms with Gasteiger partial charge in [-0.1, -0.05) is 41.6 Å². The smallest absolute Gasteiger partial charge is 0.258 e. The van der Waals surface area contributed by atoms with E-state index >= 15 is 0 Å². The second kappa shape index (κ2) is 5.21. The minimum atomic E-state index is -0.425. The zero-order chi connectivity index (χ0) is 12.3. The van der Waals surface area contributed by atoms with Crippen molar-refractivity contribution in [1.29, 1.82) is 0 Å². The summed E-state index contributed by atoms with van der Waals surface area (Å²) < 4.78 is 0. The molecule has 0 aliphatic rings.